The lowest BCUT2D eigenvalue weighted by molar-refractivity contribution is -0.142. The lowest BCUT2D eigenvalue weighted by atomic mass is 10.0. The fraction of sp³-hybridized carbons (Fsp3) is 0.476. The zero-order valence-electron chi connectivity index (χ0n) is 18.8. The van der Waals surface area contributed by atoms with Crippen molar-refractivity contribution in [3.05, 3.63) is 40.1 Å². The van der Waals surface area contributed by atoms with Crippen LogP contribution in [0.2, 0.25) is 0 Å². The Morgan fingerprint density at radius 3 is 2.19 bits per heavy atom. The molecule has 0 N–H and O–H groups in total. The Morgan fingerprint density at radius 2 is 1.69 bits per heavy atom. The molecule has 1 aromatic heterocycles. The van der Waals surface area contributed by atoms with Crippen LogP contribution in [0.3, 0.4) is 0 Å². The molecular formula is C21H26F3N3O4S. The molecule has 0 aliphatic carbocycles. The molecule has 2 rings (SSSR count). The molecule has 2 aromatic rings. The molecule has 0 amide bonds. The van der Waals surface area contributed by atoms with Crippen LogP contribution in [0.15, 0.2) is 12.1 Å². The van der Waals surface area contributed by atoms with E-state index >= 15 is 0 Å². The zero-order valence-corrected chi connectivity index (χ0v) is 19.6. The van der Waals surface area contributed by atoms with Crippen LogP contribution in [0.1, 0.15) is 41.8 Å². The van der Waals surface area contributed by atoms with E-state index in [1.54, 1.807) is 11.8 Å². The van der Waals surface area contributed by atoms with Gasteiger partial charge in [-0.1, -0.05) is 17.7 Å². The Kier molecular flexibility index (Phi) is 8.22. The van der Waals surface area contributed by atoms with Crippen molar-refractivity contribution in [1.82, 2.24) is 9.97 Å². The molecule has 0 saturated heterocycles. The molecule has 176 valence electrons. The van der Waals surface area contributed by atoms with E-state index in [0.29, 0.717) is 6.54 Å². The summed E-state index contributed by atoms with van der Waals surface area (Å²) in [6.07, 6.45) is -0.418. The predicted octanol–water partition coefficient (Wildman–Crippen LogP) is 4.54. The number of anilines is 2. The van der Waals surface area contributed by atoms with E-state index in [0.717, 1.165) is 22.4 Å². The number of nitrogens with zero attached hydrogens (tertiary/aromatic N) is 3. The van der Waals surface area contributed by atoms with Gasteiger partial charge in [-0.3, -0.25) is 4.79 Å². The summed E-state index contributed by atoms with van der Waals surface area (Å²) in [7, 11) is 0. The summed E-state index contributed by atoms with van der Waals surface area (Å²) in [6, 6.07) is 3.95. The number of esters is 1. The molecule has 1 atom stereocenters. The number of alkyl halides is 3. The van der Waals surface area contributed by atoms with Crippen LogP contribution in [-0.4, -0.2) is 38.8 Å². The maximum absolute atomic E-state index is 12.9. The molecule has 1 aromatic carbocycles. The SMILES string of the molecule is CCOC(=O)Cc1c(C)nc(N(CC)c2c(C)cc(C)cc2C)nc1OS(=O)C(F)(F)F. The lowest BCUT2D eigenvalue weighted by Gasteiger charge is -2.26. The van der Waals surface area contributed by atoms with Crippen LogP contribution < -0.4 is 9.08 Å². The summed E-state index contributed by atoms with van der Waals surface area (Å²) in [5.74, 6) is -1.19. The van der Waals surface area contributed by atoms with Crippen LogP contribution in [0, 0.1) is 27.7 Å². The first-order valence-corrected chi connectivity index (χ1v) is 11.0. The Balaban J connectivity index is 2.63. The van der Waals surface area contributed by atoms with Crippen molar-refractivity contribution in [3.63, 3.8) is 0 Å². The Labute approximate surface area is 187 Å². The van der Waals surface area contributed by atoms with Crippen LogP contribution in [0.25, 0.3) is 0 Å². The standard InChI is InChI=1S/C21H26F3N3O4S/c1-7-27(18-13(4)9-12(3)10-14(18)5)20-25-15(6)16(11-17(28)30-8-2)19(26-20)31-32(29)21(22,23)24/h9-10H,7-8,11H2,1-6H3. The normalized spacial score (nSPS) is 12.4. The fourth-order valence-corrected chi connectivity index (χ4v) is 3.80. The molecule has 11 heteroatoms. The number of halogens is 3. The predicted molar refractivity (Wildman–Crippen MR) is 115 cm³/mol. The number of rotatable bonds is 8. The second kappa shape index (κ2) is 10.3. The van der Waals surface area contributed by atoms with Crippen LogP contribution in [-0.2, 0) is 27.0 Å². The first-order valence-electron chi connectivity index (χ1n) is 9.94. The molecule has 0 spiro atoms. The maximum atomic E-state index is 12.9. The molecule has 1 heterocycles. The maximum Gasteiger partial charge on any atom is 0.508 e. The third-order valence-corrected chi connectivity index (χ3v) is 5.28. The van der Waals surface area contributed by atoms with E-state index < -0.39 is 34.9 Å². The number of carbonyl (C=O) groups excluding carboxylic acids is 1. The summed E-state index contributed by atoms with van der Waals surface area (Å²) in [4.78, 5) is 22.3. The van der Waals surface area contributed by atoms with E-state index in [2.05, 4.69) is 14.2 Å². The van der Waals surface area contributed by atoms with Crippen LogP contribution in [0.5, 0.6) is 5.88 Å². The molecule has 0 fully saturated rings. The third-order valence-electron chi connectivity index (χ3n) is 4.60. The first kappa shape index (κ1) is 25.6. The van der Waals surface area contributed by atoms with E-state index in [9.17, 15) is 22.2 Å². The molecule has 0 bridgehead atoms. The molecule has 0 aliphatic rings. The number of carbonyl (C=O) groups is 1. The zero-order chi connectivity index (χ0) is 24.2. The molecule has 7 nitrogen and oxygen atoms in total. The van der Waals surface area contributed by atoms with Gasteiger partial charge in [-0.15, -0.1) is 0 Å². The van der Waals surface area contributed by atoms with Crippen molar-refractivity contribution in [3.8, 4) is 5.88 Å². The van der Waals surface area contributed by atoms with E-state index in [-0.39, 0.29) is 23.8 Å². The Morgan fingerprint density at radius 1 is 1.09 bits per heavy atom. The number of benzene rings is 1. The molecular weight excluding hydrogens is 447 g/mol. The minimum absolute atomic E-state index is 0.0156. The van der Waals surface area contributed by atoms with E-state index in [1.165, 1.54) is 6.92 Å². The molecule has 0 saturated carbocycles. The van der Waals surface area contributed by atoms with Crippen LogP contribution >= 0.6 is 0 Å². The van der Waals surface area contributed by atoms with Gasteiger partial charge in [0, 0.05) is 17.8 Å². The number of hydrogen-bond acceptors (Lipinski definition) is 7. The Bertz CT molecular complexity index is 1010. The van der Waals surface area contributed by atoms with Crippen molar-refractivity contribution >= 4 is 28.7 Å². The van der Waals surface area contributed by atoms with Gasteiger partial charge in [0.1, 0.15) is 0 Å². The summed E-state index contributed by atoms with van der Waals surface area (Å²) in [5, 5.41) is 0. The van der Waals surface area contributed by atoms with Crippen molar-refractivity contribution < 1.29 is 31.1 Å². The third kappa shape index (κ3) is 5.96. The summed E-state index contributed by atoms with van der Waals surface area (Å²) in [6.45, 7) is 11.3. The molecule has 32 heavy (non-hydrogen) atoms. The monoisotopic (exact) mass is 473 g/mol. The lowest BCUT2D eigenvalue weighted by Crippen LogP contribution is -2.25. The minimum atomic E-state index is -5.12. The first-order chi connectivity index (χ1) is 14.9. The smallest absolute Gasteiger partial charge is 0.466 e. The molecule has 1 unspecified atom stereocenters. The molecule has 0 aliphatic heterocycles. The summed E-state index contributed by atoms with van der Waals surface area (Å²) >= 11 is -3.67. The average Bonchev–Trinajstić information content (AvgIpc) is 2.66. The number of hydrogen-bond donors (Lipinski definition) is 0. The van der Waals surface area contributed by atoms with Gasteiger partial charge < -0.3 is 13.8 Å². The fourth-order valence-electron chi connectivity index (χ4n) is 3.42. The van der Waals surface area contributed by atoms with Crippen molar-refractivity contribution in [2.75, 3.05) is 18.1 Å². The highest BCUT2D eigenvalue weighted by Gasteiger charge is 2.41. The van der Waals surface area contributed by atoms with Gasteiger partial charge in [0.15, 0.2) is 0 Å². The second-order valence-electron chi connectivity index (χ2n) is 7.13. The van der Waals surface area contributed by atoms with Crippen molar-refractivity contribution in [2.24, 2.45) is 0 Å². The topological polar surface area (TPSA) is 81.6 Å². The van der Waals surface area contributed by atoms with Gasteiger partial charge in [0.2, 0.25) is 11.8 Å². The largest absolute Gasteiger partial charge is 0.508 e. The number of aromatic nitrogens is 2. The minimum Gasteiger partial charge on any atom is -0.466 e. The highest BCUT2D eigenvalue weighted by atomic mass is 32.2. The van der Waals surface area contributed by atoms with E-state index in [4.69, 9.17) is 4.74 Å². The highest BCUT2D eigenvalue weighted by Crippen LogP contribution is 2.34. The van der Waals surface area contributed by atoms with Gasteiger partial charge in [-0.05, 0) is 52.7 Å². The highest BCUT2D eigenvalue weighted by molar-refractivity contribution is 7.81. The van der Waals surface area contributed by atoms with E-state index in [1.807, 2.05) is 39.8 Å². The van der Waals surface area contributed by atoms with Gasteiger partial charge in [0.25, 0.3) is 0 Å². The van der Waals surface area contributed by atoms with Gasteiger partial charge in [-0.25, -0.2) is 9.19 Å². The van der Waals surface area contributed by atoms with Crippen molar-refractivity contribution in [2.45, 2.75) is 53.5 Å². The van der Waals surface area contributed by atoms with Gasteiger partial charge in [-0.2, -0.15) is 18.2 Å². The Hall–Kier alpha value is -2.69. The van der Waals surface area contributed by atoms with Crippen LogP contribution in [0.4, 0.5) is 24.8 Å². The van der Waals surface area contributed by atoms with Crippen molar-refractivity contribution in [1.29, 1.82) is 0 Å². The second-order valence-corrected chi connectivity index (χ2v) is 8.23. The summed E-state index contributed by atoms with van der Waals surface area (Å²) in [5.41, 5.74) is -1.18. The van der Waals surface area contributed by atoms with Gasteiger partial charge >= 0.3 is 22.6 Å². The summed E-state index contributed by atoms with van der Waals surface area (Å²) < 4.78 is 60.0. The van der Waals surface area contributed by atoms with Gasteiger partial charge in [0.05, 0.1) is 18.7 Å². The number of ether oxygens (including phenoxy) is 1. The number of aryl methyl sites for hydroxylation is 4. The quantitative estimate of drug-likeness (QED) is 0.521. The molecule has 0 radical (unpaired) electrons. The average molecular weight is 474 g/mol.